The second-order valence-corrected chi connectivity index (χ2v) is 25.7. The molecule has 82 heavy (non-hydrogen) atoms. The topological polar surface area (TPSA) is 237 Å². The lowest BCUT2D eigenvalue weighted by Gasteiger charge is -2.21. The first kappa shape index (κ1) is 80.1. The van der Waals surface area contributed by atoms with E-state index < -0.39 is 97.5 Å². The number of hydrogen-bond donors (Lipinski definition) is 3. The first-order chi connectivity index (χ1) is 39.7. The Morgan fingerprint density at radius 1 is 0.293 bits per heavy atom. The molecule has 0 saturated heterocycles. The highest BCUT2D eigenvalue weighted by Gasteiger charge is 2.30. The minimum absolute atomic E-state index is 0.106. The van der Waals surface area contributed by atoms with Gasteiger partial charge in [0, 0.05) is 25.7 Å². The van der Waals surface area contributed by atoms with Gasteiger partial charge in [0.15, 0.2) is 12.2 Å². The molecule has 2 unspecified atom stereocenters. The summed E-state index contributed by atoms with van der Waals surface area (Å²) in [6, 6.07) is 0. The van der Waals surface area contributed by atoms with Gasteiger partial charge in [0.25, 0.3) is 0 Å². The van der Waals surface area contributed by atoms with Crippen molar-refractivity contribution in [2.45, 2.75) is 341 Å². The van der Waals surface area contributed by atoms with Gasteiger partial charge >= 0.3 is 39.5 Å². The third-order valence-corrected chi connectivity index (χ3v) is 16.5. The number of rotatable bonds is 64. The lowest BCUT2D eigenvalue weighted by molar-refractivity contribution is -0.161. The Hall–Kier alpha value is -1.94. The number of esters is 4. The van der Waals surface area contributed by atoms with Crippen molar-refractivity contribution in [3.05, 3.63) is 0 Å². The largest absolute Gasteiger partial charge is 0.472 e. The SMILES string of the molecule is CCCCCCCCCCCCCCCCCCC(=O)O[C@H](COC(=O)CCCCCCCCCCC)COP(=O)(O)OC[C@@H](O)COP(=O)(O)OC[C@@H](COC(=O)CCCCCCCCCC)OC(=O)CCCCCCCCCCC. The van der Waals surface area contributed by atoms with Crippen LogP contribution in [0, 0.1) is 0 Å². The van der Waals surface area contributed by atoms with Gasteiger partial charge < -0.3 is 33.8 Å². The standard InChI is InChI=1S/C63H122O17P2/c1-5-9-13-17-21-25-26-27-28-29-30-31-34-38-42-46-50-63(68)80-59(54-74-61(66)48-44-40-36-32-22-18-14-10-6-2)56-78-82(71,72)76-52-57(64)51-75-81(69,70)77-55-58(53-73-60(65)47-43-39-35-24-20-16-12-8-4)79-62(67)49-45-41-37-33-23-19-15-11-7-3/h57-59,64H,5-56H2,1-4H3,(H,69,70)(H,71,72)/t57-,58+,59+/m0/s1. The summed E-state index contributed by atoms with van der Waals surface area (Å²) in [5, 5.41) is 10.5. The van der Waals surface area contributed by atoms with Crippen molar-refractivity contribution >= 4 is 39.5 Å². The zero-order valence-electron chi connectivity index (χ0n) is 52.5. The van der Waals surface area contributed by atoms with Crippen LogP contribution >= 0.6 is 15.6 Å². The molecule has 17 nitrogen and oxygen atoms in total. The van der Waals surface area contributed by atoms with Crippen LogP contribution in [0.15, 0.2) is 0 Å². The van der Waals surface area contributed by atoms with Crippen LogP contribution in [-0.2, 0) is 65.4 Å². The molecule has 486 valence electrons. The van der Waals surface area contributed by atoms with E-state index in [0.29, 0.717) is 25.7 Å². The van der Waals surface area contributed by atoms with Crippen LogP contribution in [0.25, 0.3) is 0 Å². The first-order valence-electron chi connectivity index (χ1n) is 33.3. The van der Waals surface area contributed by atoms with Crippen LogP contribution in [0.4, 0.5) is 0 Å². The molecule has 0 saturated carbocycles. The lowest BCUT2D eigenvalue weighted by Crippen LogP contribution is -2.30. The summed E-state index contributed by atoms with van der Waals surface area (Å²) in [6.07, 6.45) is 43.1. The van der Waals surface area contributed by atoms with E-state index in [1.807, 2.05) is 0 Å². The third kappa shape index (κ3) is 57.2. The summed E-state index contributed by atoms with van der Waals surface area (Å²) in [5.41, 5.74) is 0. The minimum Gasteiger partial charge on any atom is -0.462 e. The first-order valence-corrected chi connectivity index (χ1v) is 36.3. The molecule has 0 aliphatic carbocycles. The molecular weight excluding hydrogens is 1090 g/mol. The Morgan fingerprint density at radius 2 is 0.488 bits per heavy atom. The Balaban J connectivity index is 5.17. The smallest absolute Gasteiger partial charge is 0.462 e. The molecule has 0 aromatic carbocycles. The van der Waals surface area contributed by atoms with Crippen molar-refractivity contribution in [3.8, 4) is 0 Å². The van der Waals surface area contributed by atoms with Gasteiger partial charge in [-0.15, -0.1) is 0 Å². The van der Waals surface area contributed by atoms with Gasteiger partial charge in [0.05, 0.1) is 26.4 Å². The van der Waals surface area contributed by atoms with Gasteiger partial charge in [-0.3, -0.25) is 37.3 Å². The molecule has 0 bridgehead atoms. The van der Waals surface area contributed by atoms with Crippen LogP contribution in [0.2, 0.25) is 0 Å². The molecule has 0 aromatic heterocycles. The van der Waals surface area contributed by atoms with Crippen LogP contribution in [0.3, 0.4) is 0 Å². The van der Waals surface area contributed by atoms with E-state index in [1.165, 1.54) is 148 Å². The minimum atomic E-state index is -4.94. The van der Waals surface area contributed by atoms with E-state index in [1.54, 1.807) is 0 Å². The second kappa shape index (κ2) is 58.1. The Bertz CT molecular complexity index is 1590. The number of carbonyl (C=O) groups is 4. The van der Waals surface area contributed by atoms with Gasteiger partial charge in [-0.2, -0.15) is 0 Å². The average Bonchev–Trinajstić information content (AvgIpc) is 3.46. The molecular formula is C63H122O17P2. The fourth-order valence-electron chi connectivity index (χ4n) is 9.46. The highest BCUT2D eigenvalue weighted by molar-refractivity contribution is 7.47. The van der Waals surface area contributed by atoms with Gasteiger partial charge in [0.2, 0.25) is 0 Å². The lowest BCUT2D eigenvalue weighted by atomic mass is 10.0. The summed E-state index contributed by atoms with van der Waals surface area (Å²) in [4.78, 5) is 72.0. The maximum atomic E-state index is 13.0. The van der Waals surface area contributed by atoms with Crippen molar-refractivity contribution in [2.24, 2.45) is 0 Å². The number of ether oxygens (including phenoxy) is 4. The zero-order chi connectivity index (χ0) is 60.5. The van der Waals surface area contributed by atoms with Crippen LogP contribution < -0.4 is 0 Å². The quantitative estimate of drug-likeness (QED) is 0.0222. The predicted molar refractivity (Wildman–Crippen MR) is 326 cm³/mol. The highest BCUT2D eigenvalue weighted by atomic mass is 31.2. The number of unbranched alkanes of at least 4 members (excludes halogenated alkanes) is 38. The normalized spacial score (nSPS) is 14.2. The number of phosphoric acid groups is 2. The second-order valence-electron chi connectivity index (χ2n) is 22.8. The molecule has 0 rings (SSSR count). The molecule has 5 atom stereocenters. The van der Waals surface area contributed by atoms with E-state index in [4.69, 9.17) is 37.0 Å². The van der Waals surface area contributed by atoms with E-state index in [-0.39, 0.29) is 25.7 Å². The Morgan fingerprint density at radius 3 is 0.720 bits per heavy atom. The van der Waals surface area contributed by atoms with Crippen LogP contribution in [0.1, 0.15) is 323 Å². The summed E-state index contributed by atoms with van der Waals surface area (Å²) in [6.45, 7) is 4.84. The van der Waals surface area contributed by atoms with E-state index >= 15 is 0 Å². The predicted octanol–water partition coefficient (Wildman–Crippen LogP) is 17.5. The van der Waals surface area contributed by atoms with Crippen LogP contribution in [-0.4, -0.2) is 96.7 Å². The molecule has 0 fully saturated rings. The summed E-state index contributed by atoms with van der Waals surface area (Å²) >= 11 is 0. The van der Waals surface area contributed by atoms with Gasteiger partial charge in [-0.25, -0.2) is 9.13 Å². The van der Waals surface area contributed by atoms with E-state index in [0.717, 1.165) is 96.3 Å². The van der Waals surface area contributed by atoms with Gasteiger partial charge in [-0.05, 0) is 25.7 Å². The molecule has 0 radical (unpaired) electrons. The third-order valence-electron chi connectivity index (χ3n) is 14.6. The fourth-order valence-corrected chi connectivity index (χ4v) is 11.0. The maximum Gasteiger partial charge on any atom is 0.472 e. The summed E-state index contributed by atoms with van der Waals surface area (Å²) < 4.78 is 67.8. The van der Waals surface area contributed by atoms with E-state index in [9.17, 15) is 43.2 Å². The van der Waals surface area contributed by atoms with E-state index in [2.05, 4.69) is 27.7 Å². The van der Waals surface area contributed by atoms with Crippen molar-refractivity contribution < 1.29 is 80.2 Å². The van der Waals surface area contributed by atoms with Crippen molar-refractivity contribution in [3.63, 3.8) is 0 Å². The fraction of sp³-hybridized carbons (Fsp3) is 0.937. The zero-order valence-corrected chi connectivity index (χ0v) is 54.2. The monoisotopic (exact) mass is 1210 g/mol. The molecule has 19 heteroatoms. The van der Waals surface area contributed by atoms with Crippen molar-refractivity contribution in [2.75, 3.05) is 39.6 Å². The van der Waals surface area contributed by atoms with Crippen molar-refractivity contribution in [1.82, 2.24) is 0 Å². The van der Waals surface area contributed by atoms with Crippen molar-refractivity contribution in [1.29, 1.82) is 0 Å². The number of hydrogen-bond acceptors (Lipinski definition) is 15. The number of carbonyl (C=O) groups excluding carboxylic acids is 4. The number of aliphatic hydroxyl groups is 1. The number of aliphatic hydroxyl groups excluding tert-OH is 1. The number of phosphoric ester groups is 2. The molecule has 0 aliphatic rings. The molecule has 0 aromatic rings. The highest BCUT2D eigenvalue weighted by Crippen LogP contribution is 2.45. The van der Waals surface area contributed by atoms with Crippen LogP contribution in [0.5, 0.6) is 0 Å². The average molecular weight is 1210 g/mol. The molecule has 0 aliphatic heterocycles. The summed E-state index contributed by atoms with van der Waals surface area (Å²) in [7, 11) is -9.88. The summed E-state index contributed by atoms with van der Waals surface area (Å²) in [5.74, 6) is -2.14. The van der Waals surface area contributed by atoms with Gasteiger partial charge in [0.1, 0.15) is 19.3 Å². The molecule has 0 heterocycles. The Kier molecular flexibility index (Phi) is 56.7. The van der Waals surface area contributed by atoms with Gasteiger partial charge in [-0.1, -0.05) is 272 Å². The molecule has 0 spiro atoms. The maximum absolute atomic E-state index is 13.0. The molecule has 3 N–H and O–H groups in total. The Labute approximate surface area is 498 Å². The molecule has 0 amide bonds.